The van der Waals surface area contributed by atoms with Gasteiger partial charge in [0.25, 0.3) is 0 Å². The summed E-state index contributed by atoms with van der Waals surface area (Å²) in [4.78, 5) is 11.9. The lowest BCUT2D eigenvalue weighted by Gasteiger charge is -2.09. The standard InChI is InChI=1S/C18H17FO2/c1-13(2)21-17-9-6-14(7-10-17)8-11-18(20)15-4-3-5-16(19)12-15/h3-13H,1-2H3. The van der Waals surface area contributed by atoms with E-state index in [2.05, 4.69) is 0 Å². The fraction of sp³-hybridized carbons (Fsp3) is 0.167. The van der Waals surface area contributed by atoms with E-state index in [1.807, 2.05) is 38.1 Å². The largest absolute Gasteiger partial charge is 0.491 e. The Morgan fingerprint density at radius 2 is 1.86 bits per heavy atom. The van der Waals surface area contributed by atoms with Crippen molar-refractivity contribution in [3.63, 3.8) is 0 Å². The molecular formula is C18H17FO2. The molecule has 108 valence electrons. The first-order valence-corrected chi connectivity index (χ1v) is 6.79. The number of ketones is 1. The lowest BCUT2D eigenvalue weighted by molar-refractivity contribution is 0.104. The van der Waals surface area contributed by atoms with Gasteiger partial charge in [0.15, 0.2) is 5.78 Å². The van der Waals surface area contributed by atoms with Gasteiger partial charge >= 0.3 is 0 Å². The molecular weight excluding hydrogens is 267 g/mol. The molecule has 0 bridgehead atoms. The zero-order chi connectivity index (χ0) is 15.2. The zero-order valence-electron chi connectivity index (χ0n) is 12.0. The fourth-order valence-electron chi connectivity index (χ4n) is 1.84. The Kier molecular flexibility index (Phi) is 4.88. The van der Waals surface area contributed by atoms with Crippen molar-refractivity contribution in [2.45, 2.75) is 20.0 Å². The van der Waals surface area contributed by atoms with Gasteiger partial charge in [-0.25, -0.2) is 4.39 Å². The van der Waals surface area contributed by atoms with Crippen LogP contribution in [0.1, 0.15) is 29.8 Å². The summed E-state index contributed by atoms with van der Waals surface area (Å²) in [6.45, 7) is 3.93. The highest BCUT2D eigenvalue weighted by molar-refractivity contribution is 6.06. The van der Waals surface area contributed by atoms with Gasteiger partial charge in [-0.15, -0.1) is 0 Å². The molecule has 0 aromatic heterocycles. The summed E-state index contributed by atoms with van der Waals surface area (Å²) in [5.74, 6) is 0.153. The van der Waals surface area contributed by atoms with E-state index in [1.54, 1.807) is 12.1 Å². The van der Waals surface area contributed by atoms with E-state index in [4.69, 9.17) is 4.74 Å². The summed E-state index contributed by atoms with van der Waals surface area (Å²) in [5, 5.41) is 0. The highest BCUT2D eigenvalue weighted by Gasteiger charge is 2.02. The molecule has 0 aliphatic heterocycles. The Hall–Kier alpha value is -2.42. The van der Waals surface area contributed by atoms with Crippen LogP contribution in [-0.4, -0.2) is 11.9 Å². The molecule has 0 unspecified atom stereocenters. The quantitative estimate of drug-likeness (QED) is 0.596. The molecule has 0 heterocycles. The summed E-state index contributed by atoms with van der Waals surface area (Å²) >= 11 is 0. The van der Waals surface area contributed by atoms with E-state index in [9.17, 15) is 9.18 Å². The maximum absolute atomic E-state index is 13.0. The van der Waals surface area contributed by atoms with Gasteiger partial charge in [-0.3, -0.25) is 4.79 Å². The van der Waals surface area contributed by atoms with Gasteiger partial charge in [-0.1, -0.05) is 30.3 Å². The van der Waals surface area contributed by atoms with Crippen LogP contribution >= 0.6 is 0 Å². The molecule has 0 spiro atoms. The van der Waals surface area contributed by atoms with Crippen molar-refractivity contribution in [1.29, 1.82) is 0 Å². The third kappa shape index (κ3) is 4.56. The van der Waals surface area contributed by atoms with Crippen molar-refractivity contribution in [3.8, 4) is 5.75 Å². The molecule has 0 N–H and O–H groups in total. The summed E-state index contributed by atoms with van der Waals surface area (Å²) in [5.41, 5.74) is 1.22. The van der Waals surface area contributed by atoms with Crippen molar-refractivity contribution in [2.75, 3.05) is 0 Å². The lowest BCUT2D eigenvalue weighted by atomic mass is 10.1. The van der Waals surface area contributed by atoms with Gasteiger partial charge in [-0.2, -0.15) is 0 Å². The zero-order valence-corrected chi connectivity index (χ0v) is 12.0. The smallest absolute Gasteiger partial charge is 0.185 e. The van der Waals surface area contributed by atoms with Crippen molar-refractivity contribution in [2.24, 2.45) is 0 Å². The number of hydrogen-bond acceptors (Lipinski definition) is 2. The van der Waals surface area contributed by atoms with Crippen LogP contribution in [0, 0.1) is 5.82 Å². The van der Waals surface area contributed by atoms with E-state index in [1.165, 1.54) is 24.3 Å². The maximum atomic E-state index is 13.0. The van der Waals surface area contributed by atoms with E-state index in [-0.39, 0.29) is 11.9 Å². The molecule has 2 nitrogen and oxygen atoms in total. The molecule has 2 rings (SSSR count). The molecule has 0 saturated carbocycles. The number of ether oxygens (including phenoxy) is 1. The molecule has 2 aromatic carbocycles. The molecule has 0 atom stereocenters. The topological polar surface area (TPSA) is 26.3 Å². The first kappa shape index (κ1) is 15.0. The Morgan fingerprint density at radius 3 is 2.48 bits per heavy atom. The molecule has 0 aliphatic rings. The van der Waals surface area contributed by atoms with E-state index >= 15 is 0 Å². The Labute approximate surface area is 123 Å². The van der Waals surface area contributed by atoms with Gasteiger partial charge in [0, 0.05) is 5.56 Å². The van der Waals surface area contributed by atoms with Crippen LogP contribution < -0.4 is 4.74 Å². The molecule has 3 heteroatoms. The van der Waals surface area contributed by atoms with Crippen molar-refractivity contribution >= 4 is 11.9 Å². The highest BCUT2D eigenvalue weighted by Crippen LogP contribution is 2.15. The van der Waals surface area contributed by atoms with Gasteiger partial charge in [0.05, 0.1) is 6.10 Å². The molecule has 0 radical (unpaired) electrons. The molecule has 0 fully saturated rings. The van der Waals surface area contributed by atoms with Crippen LogP contribution in [0.2, 0.25) is 0 Å². The van der Waals surface area contributed by atoms with Crippen LogP contribution in [0.25, 0.3) is 6.08 Å². The van der Waals surface area contributed by atoms with E-state index in [0.717, 1.165) is 11.3 Å². The minimum absolute atomic E-state index is 0.126. The number of benzene rings is 2. The predicted octanol–water partition coefficient (Wildman–Crippen LogP) is 4.51. The third-order valence-corrected chi connectivity index (χ3v) is 2.79. The van der Waals surface area contributed by atoms with Gasteiger partial charge < -0.3 is 4.74 Å². The molecule has 0 saturated heterocycles. The second-order valence-electron chi connectivity index (χ2n) is 4.94. The summed E-state index contributed by atoms with van der Waals surface area (Å²) in [6, 6.07) is 13.1. The van der Waals surface area contributed by atoms with Crippen molar-refractivity contribution < 1.29 is 13.9 Å². The van der Waals surface area contributed by atoms with Gasteiger partial charge in [0.2, 0.25) is 0 Å². The molecule has 21 heavy (non-hydrogen) atoms. The van der Waals surface area contributed by atoms with Crippen LogP contribution in [0.15, 0.2) is 54.6 Å². The SMILES string of the molecule is CC(C)Oc1ccc(C=CC(=O)c2cccc(F)c2)cc1. The number of rotatable bonds is 5. The molecule has 2 aromatic rings. The predicted molar refractivity (Wildman–Crippen MR) is 82.0 cm³/mol. The van der Waals surface area contributed by atoms with Crippen LogP contribution in [0.4, 0.5) is 4.39 Å². The number of hydrogen-bond donors (Lipinski definition) is 0. The Balaban J connectivity index is 2.05. The third-order valence-electron chi connectivity index (χ3n) is 2.79. The van der Waals surface area contributed by atoms with Gasteiger partial charge in [-0.05, 0) is 49.8 Å². The van der Waals surface area contributed by atoms with Crippen molar-refractivity contribution in [3.05, 3.63) is 71.6 Å². The normalized spacial score (nSPS) is 11.0. The number of halogens is 1. The fourth-order valence-corrected chi connectivity index (χ4v) is 1.84. The minimum atomic E-state index is -0.413. The van der Waals surface area contributed by atoms with Crippen LogP contribution in [0.5, 0.6) is 5.75 Å². The van der Waals surface area contributed by atoms with Gasteiger partial charge in [0.1, 0.15) is 11.6 Å². The van der Waals surface area contributed by atoms with Crippen LogP contribution in [0.3, 0.4) is 0 Å². The molecule has 0 aliphatic carbocycles. The maximum Gasteiger partial charge on any atom is 0.185 e. The monoisotopic (exact) mass is 284 g/mol. The number of carbonyl (C=O) groups is 1. The van der Waals surface area contributed by atoms with Crippen LogP contribution in [-0.2, 0) is 0 Å². The first-order chi connectivity index (χ1) is 10.0. The summed E-state index contributed by atoms with van der Waals surface area (Å²) < 4.78 is 18.6. The Bertz CT molecular complexity index is 643. The first-order valence-electron chi connectivity index (χ1n) is 6.79. The van der Waals surface area contributed by atoms with E-state index < -0.39 is 5.82 Å². The van der Waals surface area contributed by atoms with Crippen molar-refractivity contribution in [1.82, 2.24) is 0 Å². The highest BCUT2D eigenvalue weighted by atomic mass is 19.1. The summed E-state index contributed by atoms with van der Waals surface area (Å²) in [7, 11) is 0. The minimum Gasteiger partial charge on any atom is -0.491 e. The average Bonchev–Trinajstić information content (AvgIpc) is 2.45. The van der Waals surface area contributed by atoms with E-state index in [0.29, 0.717) is 5.56 Å². The second kappa shape index (κ2) is 6.84. The number of carbonyl (C=O) groups excluding carboxylic acids is 1. The average molecular weight is 284 g/mol. The Morgan fingerprint density at radius 1 is 1.14 bits per heavy atom. The lowest BCUT2D eigenvalue weighted by Crippen LogP contribution is -2.05. The second-order valence-corrected chi connectivity index (χ2v) is 4.94. The summed E-state index contributed by atoms with van der Waals surface area (Å²) in [6.07, 6.45) is 3.26. The molecule has 0 amide bonds. The number of allylic oxidation sites excluding steroid dienone is 1.